The molecule has 0 amide bonds. The molecule has 4 N–H and O–H groups in total. The van der Waals surface area contributed by atoms with Gasteiger partial charge in [-0.1, -0.05) is 0 Å². The normalized spacial score (nSPS) is 20.5. The van der Waals surface area contributed by atoms with Gasteiger partial charge in [0.15, 0.2) is 23.7 Å². The molecule has 1 aliphatic rings. The molecule has 2 unspecified atom stereocenters. The number of nitrogens with zero attached hydrogens (tertiary/aromatic N) is 7. The molecule has 0 radical (unpaired) electrons. The molecule has 0 fully saturated rings. The number of imidazole rings is 1. The Morgan fingerprint density at radius 3 is 2.56 bits per heavy atom. The van der Waals surface area contributed by atoms with Crippen LogP contribution in [0.3, 0.4) is 0 Å². The van der Waals surface area contributed by atoms with E-state index in [4.69, 9.17) is 11.5 Å². The highest BCUT2D eigenvalue weighted by Gasteiger charge is 2.39. The summed E-state index contributed by atoms with van der Waals surface area (Å²) in [6, 6.07) is 1.51. The average Bonchev–Trinajstić information content (AvgIpc) is 3.08. The number of rotatable bonds is 3. The largest absolute Gasteiger partial charge is 0.338 e. The quantitative estimate of drug-likeness (QED) is 0.703. The van der Waals surface area contributed by atoms with Gasteiger partial charge in [0.25, 0.3) is 0 Å². The summed E-state index contributed by atoms with van der Waals surface area (Å²) in [6.45, 7) is 1.90. The monoisotopic (exact) mass is 369 g/mol. The Morgan fingerprint density at radius 2 is 1.89 bits per heavy atom. The van der Waals surface area contributed by atoms with Gasteiger partial charge in [0, 0.05) is 25.0 Å². The summed E-state index contributed by atoms with van der Waals surface area (Å²) in [4.78, 5) is 20.6. The second-order valence-electron chi connectivity index (χ2n) is 6.44. The Hall–Kier alpha value is -3.11. The Balaban J connectivity index is 1.81. The van der Waals surface area contributed by atoms with Crippen molar-refractivity contribution in [3.8, 4) is 0 Å². The van der Waals surface area contributed by atoms with Crippen LogP contribution in [0.25, 0.3) is 0 Å². The molecule has 1 aliphatic heterocycles. The predicted octanol–water partition coefficient (Wildman–Crippen LogP) is 1.03. The summed E-state index contributed by atoms with van der Waals surface area (Å²) < 4.78 is 15.1. The molecule has 0 spiro atoms. The van der Waals surface area contributed by atoms with Crippen LogP contribution in [0.5, 0.6) is 0 Å². The number of nitrogens with two attached hydrogens (primary N) is 2. The minimum Gasteiger partial charge on any atom is -0.338 e. The summed E-state index contributed by atoms with van der Waals surface area (Å²) in [5.41, 5.74) is 14.7. The van der Waals surface area contributed by atoms with Gasteiger partial charge in [-0.05, 0) is 13.0 Å². The molecule has 9 nitrogen and oxygen atoms in total. The van der Waals surface area contributed by atoms with Crippen LogP contribution in [0.4, 0.5) is 15.9 Å². The van der Waals surface area contributed by atoms with Crippen LogP contribution in [0.2, 0.25) is 0 Å². The standard InChI is InChI=1S/C17H20FN9/c1-10(16-22-5-11(18)6-23-16)26-13-7-21-4-3-12(13)15(19)27(17(26)20)14-8-25(2)9-24-14/h3-10,15,17H,19-20H2,1-2H3/t10-,15?,17?/m0/s1. The van der Waals surface area contributed by atoms with Crippen molar-refractivity contribution in [2.45, 2.75) is 25.4 Å². The summed E-state index contributed by atoms with van der Waals surface area (Å²) >= 11 is 0. The zero-order valence-corrected chi connectivity index (χ0v) is 14.9. The first-order valence-corrected chi connectivity index (χ1v) is 8.44. The number of hydrogen-bond acceptors (Lipinski definition) is 8. The molecule has 0 aromatic carbocycles. The van der Waals surface area contributed by atoms with Gasteiger partial charge in [-0.3, -0.25) is 10.7 Å². The Kier molecular flexibility index (Phi) is 4.21. The first kappa shape index (κ1) is 17.3. The first-order valence-electron chi connectivity index (χ1n) is 8.44. The fourth-order valence-corrected chi connectivity index (χ4v) is 3.36. The summed E-state index contributed by atoms with van der Waals surface area (Å²) in [5.74, 6) is 0.600. The van der Waals surface area contributed by atoms with Crippen molar-refractivity contribution in [3.63, 3.8) is 0 Å². The van der Waals surface area contributed by atoms with Gasteiger partial charge >= 0.3 is 0 Å². The maximum atomic E-state index is 13.2. The molecule has 10 heteroatoms. The number of aryl methyl sites for hydroxylation is 1. The summed E-state index contributed by atoms with van der Waals surface area (Å²) in [7, 11) is 1.88. The Morgan fingerprint density at radius 1 is 1.15 bits per heavy atom. The lowest BCUT2D eigenvalue weighted by Gasteiger charge is -2.48. The third kappa shape index (κ3) is 2.88. The SMILES string of the molecule is C[C@@H](c1ncc(F)cn1)N1c2cnccc2C(N)N(c2cn(C)cn2)C1N. The second-order valence-corrected chi connectivity index (χ2v) is 6.44. The van der Waals surface area contributed by atoms with Gasteiger partial charge in [0.2, 0.25) is 0 Å². The fourth-order valence-electron chi connectivity index (χ4n) is 3.36. The third-order valence-corrected chi connectivity index (χ3v) is 4.69. The predicted molar refractivity (Wildman–Crippen MR) is 97.7 cm³/mol. The van der Waals surface area contributed by atoms with Crippen molar-refractivity contribution in [2.24, 2.45) is 18.5 Å². The number of anilines is 2. The van der Waals surface area contributed by atoms with Crippen LogP contribution in [-0.2, 0) is 7.05 Å². The zero-order chi connectivity index (χ0) is 19.1. The topological polar surface area (TPSA) is 115 Å². The molecule has 0 bridgehead atoms. The average molecular weight is 369 g/mol. The highest BCUT2D eigenvalue weighted by atomic mass is 19.1. The maximum absolute atomic E-state index is 13.2. The smallest absolute Gasteiger partial charge is 0.159 e. The van der Waals surface area contributed by atoms with Crippen molar-refractivity contribution in [1.82, 2.24) is 24.5 Å². The molecule has 140 valence electrons. The van der Waals surface area contributed by atoms with E-state index in [1.807, 2.05) is 40.6 Å². The number of aromatic nitrogens is 5. The number of pyridine rings is 1. The molecule has 4 rings (SSSR count). The van der Waals surface area contributed by atoms with Crippen LogP contribution in [0.1, 0.15) is 30.5 Å². The zero-order valence-electron chi connectivity index (χ0n) is 14.9. The second kappa shape index (κ2) is 6.56. The van der Waals surface area contributed by atoms with E-state index in [0.29, 0.717) is 11.6 Å². The van der Waals surface area contributed by atoms with E-state index in [1.165, 1.54) is 0 Å². The van der Waals surface area contributed by atoms with Gasteiger partial charge in [0.05, 0.1) is 36.6 Å². The molecule has 3 aromatic heterocycles. The molecular formula is C17H20FN9. The van der Waals surface area contributed by atoms with Gasteiger partial charge in [-0.2, -0.15) is 0 Å². The van der Waals surface area contributed by atoms with E-state index in [-0.39, 0.29) is 6.04 Å². The first-order chi connectivity index (χ1) is 13.0. The molecule has 27 heavy (non-hydrogen) atoms. The minimum absolute atomic E-state index is 0.345. The molecule has 0 saturated carbocycles. The lowest BCUT2D eigenvalue weighted by atomic mass is 10.1. The molecule has 3 aromatic rings. The maximum Gasteiger partial charge on any atom is 0.159 e. The van der Waals surface area contributed by atoms with E-state index in [9.17, 15) is 4.39 Å². The van der Waals surface area contributed by atoms with Crippen molar-refractivity contribution in [3.05, 3.63) is 60.6 Å². The van der Waals surface area contributed by atoms with Crippen LogP contribution in [0, 0.1) is 5.82 Å². The van der Waals surface area contributed by atoms with E-state index >= 15 is 0 Å². The fraction of sp³-hybridized carbons (Fsp3) is 0.294. The van der Waals surface area contributed by atoms with Crippen molar-refractivity contribution in [1.29, 1.82) is 0 Å². The van der Waals surface area contributed by atoms with Crippen LogP contribution in [-0.4, -0.2) is 30.8 Å². The molecule has 0 aliphatic carbocycles. The van der Waals surface area contributed by atoms with E-state index in [2.05, 4.69) is 19.9 Å². The van der Waals surface area contributed by atoms with Crippen LogP contribution >= 0.6 is 0 Å². The number of fused-ring (bicyclic) bond motifs is 1. The van der Waals surface area contributed by atoms with Gasteiger partial charge in [-0.25, -0.2) is 19.3 Å². The van der Waals surface area contributed by atoms with E-state index < -0.39 is 18.3 Å². The lowest BCUT2D eigenvalue weighted by Crippen LogP contribution is -2.61. The van der Waals surface area contributed by atoms with Crippen LogP contribution < -0.4 is 21.3 Å². The van der Waals surface area contributed by atoms with Crippen molar-refractivity contribution < 1.29 is 4.39 Å². The van der Waals surface area contributed by atoms with E-state index in [0.717, 1.165) is 23.6 Å². The lowest BCUT2D eigenvalue weighted by molar-refractivity contribution is 0.437. The van der Waals surface area contributed by atoms with Crippen LogP contribution in [0.15, 0.2) is 43.4 Å². The highest BCUT2D eigenvalue weighted by Crippen LogP contribution is 2.40. The Labute approximate surface area is 155 Å². The molecule has 0 saturated heterocycles. The van der Waals surface area contributed by atoms with Gasteiger partial charge < -0.3 is 20.1 Å². The Bertz CT molecular complexity index is 942. The third-order valence-electron chi connectivity index (χ3n) is 4.69. The highest BCUT2D eigenvalue weighted by molar-refractivity contribution is 5.62. The van der Waals surface area contributed by atoms with Gasteiger partial charge in [0.1, 0.15) is 6.17 Å². The molecule has 3 atom stereocenters. The number of hydrogen-bond donors (Lipinski definition) is 2. The van der Waals surface area contributed by atoms with Crippen molar-refractivity contribution in [2.75, 3.05) is 9.80 Å². The minimum atomic E-state index is -0.643. The van der Waals surface area contributed by atoms with Gasteiger partial charge in [-0.15, -0.1) is 0 Å². The summed E-state index contributed by atoms with van der Waals surface area (Å²) in [6.07, 6.45) is 8.08. The number of halogens is 1. The molecule has 4 heterocycles. The van der Waals surface area contributed by atoms with E-state index in [1.54, 1.807) is 18.7 Å². The molecular weight excluding hydrogens is 349 g/mol. The van der Waals surface area contributed by atoms with Crippen molar-refractivity contribution >= 4 is 11.5 Å². The summed E-state index contributed by atoms with van der Waals surface area (Å²) in [5, 5.41) is 0.